The molecule has 20 heavy (non-hydrogen) atoms. The topological polar surface area (TPSA) is 66.8 Å². The number of hydrogen-bond acceptors (Lipinski definition) is 4. The van der Waals surface area contributed by atoms with Crippen LogP contribution in [-0.2, 0) is 9.53 Å². The van der Waals surface area contributed by atoms with Crippen molar-refractivity contribution < 1.29 is 19.4 Å². The second-order valence-electron chi connectivity index (χ2n) is 4.74. The van der Waals surface area contributed by atoms with Crippen LogP contribution in [0.25, 0.3) is 0 Å². The van der Waals surface area contributed by atoms with Gasteiger partial charge in [0.05, 0.1) is 0 Å². The molecule has 0 aliphatic carbocycles. The molecule has 1 amide bonds. The van der Waals surface area contributed by atoms with Gasteiger partial charge in [-0.3, -0.25) is 4.79 Å². The summed E-state index contributed by atoms with van der Waals surface area (Å²) in [6, 6.07) is 4.09. The standard InChI is InChI=1S/C14H16ClNO4/c1-9(13(18)16-6-2-3-7-16)20-14(19)11-8-10(15)4-5-12(11)17/h4-5,8-9,17H,2-3,6-7H2,1H3. The molecule has 0 spiro atoms. The minimum atomic E-state index is -0.876. The predicted molar refractivity (Wildman–Crippen MR) is 73.8 cm³/mol. The first kappa shape index (κ1) is 14.7. The SMILES string of the molecule is CC(OC(=O)c1cc(Cl)ccc1O)C(=O)N1CCCC1. The van der Waals surface area contributed by atoms with E-state index in [0.717, 1.165) is 12.8 Å². The fourth-order valence-electron chi connectivity index (χ4n) is 2.14. The van der Waals surface area contributed by atoms with Crippen LogP contribution in [0, 0.1) is 0 Å². The first-order valence-electron chi connectivity index (χ1n) is 6.47. The molecule has 0 bridgehead atoms. The second kappa shape index (κ2) is 6.13. The van der Waals surface area contributed by atoms with E-state index in [-0.39, 0.29) is 17.2 Å². The van der Waals surface area contributed by atoms with Gasteiger partial charge in [0.25, 0.3) is 5.91 Å². The highest BCUT2D eigenvalue weighted by Gasteiger charge is 2.27. The maximum Gasteiger partial charge on any atom is 0.342 e. The van der Waals surface area contributed by atoms with E-state index < -0.39 is 12.1 Å². The molecule has 1 aliphatic rings. The molecule has 1 fully saturated rings. The number of esters is 1. The zero-order chi connectivity index (χ0) is 14.7. The van der Waals surface area contributed by atoms with Crippen LogP contribution < -0.4 is 0 Å². The smallest absolute Gasteiger partial charge is 0.342 e. The van der Waals surface area contributed by atoms with E-state index >= 15 is 0 Å². The lowest BCUT2D eigenvalue weighted by Gasteiger charge is -2.20. The molecule has 1 N–H and O–H groups in total. The van der Waals surface area contributed by atoms with Gasteiger partial charge in [-0.2, -0.15) is 0 Å². The first-order valence-corrected chi connectivity index (χ1v) is 6.85. The summed E-state index contributed by atoms with van der Waals surface area (Å²) in [7, 11) is 0. The molecule has 108 valence electrons. The Morgan fingerprint density at radius 1 is 1.35 bits per heavy atom. The number of carbonyl (C=O) groups is 2. The maximum absolute atomic E-state index is 12.0. The number of carbonyl (C=O) groups excluding carboxylic acids is 2. The van der Waals surface area contributed by atoms with Crippen LogP contribution >= 0.6 is 11.6 Å². The number of hydrogen-bond donors (Lipinski definition) is 1. The van der Waals surface area contributed by atoms with Crippen LogP contribution in [0.4, 0.5) is 0 Å². The van der Waals surface area contributed by atoms with E-state index in [1.807, 2.05) is 0 Å². The quantitative estimate of drug-likeness (QED) is 0.869. The van der Waals surface area contributed by atoms with Gasteiger partial charge in [0, 0.05) is 18.1 Å². The number of amides is 1. The molecule has 1 aromatic rings. The molecule has 2 rings (SSSR count). The zero-order valence-corrected chi connectivity index (χ0v) is 11.9. The summed E-state index contributed by atoms with van der Waals surface area (Å²) in [5.74, 6) is -1.19. The summed E-state index contributed by atoms with van der Waals surface area (Å²) >= 11 is 5.77. The average Bonchev–Trinajstić information content (AvgIpc) is 2.94. The van der Waals surface area contributed by atoms with Gasteiger partial charge in [-0.1, -0.05) is 11.6 Å². The van der Waals surface area contributed by atoms with Crippen LogP contribution in [0.3, 0.4) is 0 Å². The van der Waals surface area contributed by atoms with Crippen LogP contribution in [0.5, 0.6) is 5.75 Å². The summed E-state index contributed by atoms with van der Waals surface area (Å²) in [6.45, 7) is 2.92. The van der Waals surface area contributed by atoms with Gasteiger partial charge in [0.1, 0.15) is 11.3 Å². The molecule has 0 saturated carbocycles. The molecule has 0 aromatic heterocycles. The Kier molecular flexibility index (Phi) is 4.49. The summed E-state index contributed by atoms with van der Waals surface area (Å²) in [6.07, 6.45) is 1.07. The minimum Gasteiger partial charge on any atom is -0.507 e. The number of ether oxygens (including phenoxy) is 1. The van der Waals surface area contributed by atoms with Gasteiger partial charge in [-0.15, -0.1) is 0 Å². The van der Waals surface area contributed by atoms with Crippen molar-refractivity contribution in [2.45, 2.75) is 25.9 Å². The van der Waals surface area contributed by atoms with Gasteiger partial charge in [0.2, 0.25) is 0 Å². The second-order valence-corrected chi connectivity index (χ2v) is 5.18. The number of aromatic hydroxyl groups is 1. The molecule has 5 nitrogen and oxygen atoms in total. The first-order chi connectivity index (χ1) is 9.49. The van der Waals surface area contributed by atoms with E-state index in [1.165, 1.54) is 25.1 Å². The normalized spacial score (nSPS) is 16.0. The van der Waals surface area contributed by atoms with E-state index in [4.69, 9.17) is 16.3 Å². The monoisotopic (exact) mass is 297 g/mol. The Hall–Kier alpha value is -1.75. The van der Waals surface area contributed by atoms with Gasteiger partial charge in [0.15, 0.2) is 6.10 Å². The predicted octanol–water partition coefficient (Wildman–Crippen LogP) is 2.21. The Morgan fingerprint density at radius 3 is 2.65 bits per heavy atom. The Labute approximate surface area is 122 Å². The third-order valence-electron chi connectivity index (χ3n) is 3.23. The van der Waals surface area contributed by atoms with Crippen molar-refractivity contribution in [1.29, 1.82) is 0 Å². The van der Waals surface area contributed by atoms with Crippen molar-refractivity contribution >= 4 is 23.5 Å². The molecule has 1 heterocycles. The number of likely N-dealkylation sites (tertiary alicyclic amines) is 1. The maximum atomic E-state index is 12.0. The number of benzene rings is 1. The van der Waals surface area contributed by atoms with E-state index in [9.17, 15) is 14.7 Å². The summed E-state index contributed by atoms with van der Waals surface area (Å²) in [5, 5.41) is 9.93. The fraction of sp³-hybridized carbons (Fsp3) is 0.429. The van der Waals surface area contributed by atoms with Gasteiger partial charge < -0.3 is 14.7 Å². The zero-order valence-electron chi connectivity index (χ0n) is 11.1. The largest absolute Gasteiger partial charge is 0.507 e. The molecular formula is C14H16ClNO4. The molecule has 1 atom stereocenters. The van der Waals surface area contributed by atoms with Crippen molar-refractivity contribution in [3.05, 3.63) is 28.8 Å². The number of rotatable bonds is 3. The van der Waals surface area contributed by atoms with Crippen LogP contribution in [0.2, 0.25) is 5.02 Å². The molecule has 1 saturated heterocycles. The third kappa shape index (κ3) is 3.22. The highest BCUT2D eigenvalue weighted by atomic mass is 35.5. The summed E-state index contributed by atoms with van der Waals surface area (Å²) < 4.78 is 5.10. The van der Waals surface area contributed by atoms with Crippen LogP contribution in [0.1, 0.15) is 30.1 Å². The van der Waals surface area contributed by atoms with Crippen molar-refractivity contribution in [1.82, 2.24) is 4.90 Å². The molecule has 6 heteroatoms. The van der Waals surface area contributed by atoms with E-state index in [2.05, 4.69) is 0 Å². The lowest BCUT2D eigenvalue weighted by atomic mass is 10.2. The molecular weight excluding hydrogens is 282 g/mol. The van der Waals surface area contributed by atoms with Crippen LogP contribution in [-0.4, -0.2) is 41.1 Å². The molecule has 1 unspecified atom stereocenters. The molecule has 1 aliphatic heterocycles. The Balaban J connectivity index is 2.03. The van der Waals surface area contributed by atoms with Crippen molar-refractivity contribution in [2.24, 2.45) is 0 Å². The Bertz CT molecular complexity index is 526. The molecule has 1 aromatic carbocycles. The number of phenolic OH excluding ortho intramolecular Hbond substituents is 1. The van der Waals surface area contributed by atoms with Gasteiger partial charge in [-0.25, -0.2) is 4.79 Å². The lowest BCUT2D eigenvalue weighted by Crippen LogP contribution is -2.38. The summed E-state index contributed by atoms with van der Waals surface area (Å²) in [5.41, 5.74) is -0.0430. The van der Waals surface area contributed by atoms with Crippen molar-refractivity contribution in [3.8, 4) is 5.75 Å². The van der Waals surface area contributed by atoms with E-state index in [0.29, 0.717) is 18.1 Å². The minimum absolute atomic E-state index is 0.0430. The van der Waals surface area contributed by atoms with Crippen molar-refractivity contribution in [3.63, 3.8) is 0 Å². The van der Waals surface area contributed by atoms with Crippen LogP contribution in [0.15, 0.2) is 18.2 Å². The number of phenols is 1. The van der Waals surface area contributed by atoms with E-state index in [1.54, 1.807) is 4.90 Å². The Morgan fingerprint density at radius 2 is 2.00 bits per heavy atom. The number of halogens is 1. The highest BCUT2D eigenvalue weighted by molar-refractivity contribution is 6.31. The van der Waals surface area contributed by atoms with Crippen molar-refractivity contribution in [2.75, 3.05) is 13.1 Å². The third-order valence-corrected chi connectivity index (χ3v) is 3.46. The fourth-order valence-corrected chi connectivity index (χ4v) is 2.31. The molecule has 0 radical (unpaired) electrons. The lowest BCUT2D eigenvalue weighted by molar-refractivity contribution is -0.138. The highest BCUT2D eigenvalue weighted by Crippen LogP contribution is 2.23. The van der Waals surface area contributed by atoms with Gasteiger partial charge >= 0.3 is 5.97 Å². The van der Waals surface area contributed by atoms with Gasteiger partial charge in [-0.05, 0) is 38.0 Å². The average molecular weight is 298 g/mol. The summed E-state index contributed by atoms with van der Waals surface area (Å²) in [4.78, 5) is 25.6. The number of nitrogens with zero attached hydrogens (tertiary/aromatic N) is 1.